The Morgan fingerprint density at radius 3 is 1.97 bits per heavy atom. The van der Waals surface area contributed by atoms with E-state index in [1.165, 1.54) is 24.3 Å². The molecule has 0 amide bonds. The second kappa shape index (κ2) is 9.54. The van der Waals surface area contributed by atoms with Crippen LogP contribution >= 0.6 is 0 Å². The van der Waals surface area contributed by atoms with E-state index in [-0.39, 0.29) is 22.0 Å². The lowest BCUT2D eigenvalue weighted by atomic mass is 10.0. The molecule has 0 saturated carbocycles. The van der Waals surface area contributed by atoms with Gasteiger partial charge in [0.15, 0.2) is 0 Å². The summed E-state index contributed by atoms with van der Waals surface area (Å²) in [5, 5.41) is 17.6. The Hall–Kier alpha value is -4.04. The van der Waals surface area contributed by atoms with Crippen LogP contribution in [0.4, 0.5) is 28.4 Å². The summed E-state index contributed by atoms with van der Waals surface area (Å²) in [6, 6.07) is 17.6. The van der Waals surface area contributed by atoms with E-state index >= 15 is 0 Å². The third-order valence-corrected chi connectivity index (χ3v) is 6.91. The van der Waals surface area contributed by atoms with Gasteiger partial charge in [-0.2, -0.15) is 27.1 Å². The molecule has 0 bridgehead atoms. The van der Waals surface area contributed by atoms with Crippen molar-refractivity contribution < 1.29 is 25.9 Å². The Morgan fingerprint density at radius 2 is 1.31 bits per heavy atom. The molecule has 184 valence electrons. The summed E-state index contributed by atoms with van der Waals surface area (Å²) in [4.78, 5) is -0.839. The highest BCUT2D eigenvalue weighted by molar-refractivity contribution is 7.86. The Kier molecular flexibility index (Phi) is 6.65. The van der Waals surface area contributed by atoms with Gasteiger partial charge in [0.25, 0.3) is 20.2 Å². The number of nitrogens with two attached hydrogens (primary N) is 1. The van der Waals surface area contributed by atoms with Gasteiger partial charge in [0.2, 0.25) is 0 Å². The Bertz CT molecular complexity index is 1740. The van der Waals surface area contributed by atoms with Gasteiger partial charge < -0.3 is 5.73 Å². The first-order valence-corrected chi connectivity index (χ1v) is 13.1. The highest BCUT2D eigenvalue weighted by Gasteiger charge is 2.17. The molecule has 0 unspecified atom stereocenters. The maximum atomic E-state index is 12.0. The van der Waals surface area contributed by atoms with Gasteiger partial charge in [-0.25, -0.2) is 0 Å². The molecule has 0 aliphatic rings. The zero-order chi connectivity index (χ0) is 26.1. The van der Waals surface area contributed by atoms with Crippen LogP contribution in [-0.4, -0.2) is 25.9 Å². The maximum Gasteiger partial charge on any atom is 0.296 e. The number of benzene rings is 4. The number of hydrogen-bond donors (Lipinski definition) is 3. The van der Waals surface area contributed by atoms with Crippen molar-refractivity contribution in [2.75, 3.05) is 5.73 Å². The van der Waals surface area contributed by atoms with Gasteiger partial charge >= 0.3 is 0 Å². The summed E-state index contributed by atoms with van der Waals surface area (Å²) in [5.74, 6) is 0. The number of rotatable bonds is 6. The van der Waals surface area contributed by atoms with E-state index in [0.29, 0.717) is 11.4 Å². The monoisotopic (exact) mass is 525 g/mol. The zero-order valence-corrected chi connectivity index (χ0v) is 20.3. The molecule has 0 radical (unpaired) electrons. The fourth-order valence-corrected chi connectivity index (χ4v) is 4.58. The summed E-state index contributed by atoms with van der Waals surface area (Å²) < 4.78 is 65.0. The smallest absolute Gasteiger partial charge is 0.296 e. The van der Waals surface area contributed by atoms with Crippen molar-refractivity contribution in [3.8, 4) is 0 Å². The lowest BCUT2D eigenvalue weighted by Gasteiger charge is -2.08. The summed E-state index contributed by atoms with van der Waals surface area (Å²) in [6.45, 7) is 1.91. The Labute approximate surface area is 206 Å². The zero-order valence-electron chi connectivity index (χ0n) is 18.6. The van der Waals surface area contributed by atoms with Crippen molar-refractivity contribution in [2.24, 2.45) is 20.5 Å². The van der Waals surface area contributed by atoms with Gasteiger partial charge in [0.1, 0.15) is 10.6 Å². The predicted octanol–water partition coefficient (Wildman–Crippen LogP) is 6.05. The molecule has 0 heterocycles. The highest BCUT2D eigenvalue weighted by atomic mass is 32.2. The quantitative estimate of drug-likeness (QED) is 0.155. The average molecular weight is 526 g/mol. The molecule has 4 aromatic rings. The van der Waals surface area contributed by atoms with Crippen LogP contribution in [0.1, 0.15) is 5.56 Å². The van der Waals surface area contributed by atoms with E-state index in [2.05, 4.69) is 20.5 Å². The van der Waals surface area contributed by atoms with Crippen molar-refractivity contribution in [1.29, 1.82) is 0 Å². The van der Waals surface area contributed by atoms with Crippen LogP contribution in [-0.2, 0) is 20.2 Å². The Balaban J connectivity index is 1.68. The molecular weight excluding hydrogens is 506 g/mol. The van der Waals surface area contributed by atoms with Crippen molar-refractivity contribution in [3.05, 3.63) is 78.4 Å². The highest BCUT2D eigenvalue weighted by Crippen LogP contribution is 2.35. The summed E-state index contributed by atoms with van der Waals surface area (Å²) in [6.07, 6.45) is 0. The topological polar surface area (TPSA) is 184 Å². The summed E-state index contributed by atoms with van der Waals surface area (Å²) >= 11 is 0. The lowest BCUT2D eigenvalue weighted by Crippen LogP contribution is -1.98. The minimum absolute atomic E-state index is 0.0778. The first-order valence-electron chi connectivity index (χ1n) is 10.2. The number of nitrogens with zero attached hydrogens (tertiary/aromatic N) is 4. The molecule has 0 spiro atoms. The van der Waals surface area contributed by atoms with E-state index in [4.69, 9.17) is 10.3 Å². The average Bonchev–Trinajstić information content (AvgIpc) is 2.82. The van der Waals surface area contributed by atoms with Crippen molar-refractivity contribution >= 4 is 59.4 Å². The first-order chi connectivity index (χ1) is 16.9. The molecular formula is C23H19N5O6S2. The molecule has 0 aromatic heterocycles. The van der Waals surface area contributed by atoms with Gasteiger partial charge in [0, 0.05) is 16.5 Å². The molecule has 0 aliphatic heterocycles. The number of nitrogen functional groups attached to an aromatic ring is 1. The van der Waals surface area contributed by atoms with Gasteiger partial charge in [-0.1, -0.05) is 18.2 Å². The molecule has 0 saturated heterocycles. The number of fused-ring (bicyclic) bond motifs is 1. The van der Waals surface area contributed by atoms with Crippen molar-refractivity contribution in [3.63, 3.8) is 0 Å². The fourth-order valence-electron chi connectivity index (χ4n) is 3.46. The van der Waals surface area contributed by atoms with Crippen LogP contribution in [0.2, 0.25) is 0 Å². The molecule has 0 aliphatic carbocycles. The minimum atomic E-state index is -4.69. The van der Waals surface area contributed by atoms with E-state index in [1.54, 1.807) is 12.1 Å². The number of azo groups is 2. The van der Waals surface area contributed by atoms with E-state index in [9.17, 15) is 21.4 Å². The summed E-state index contributed by atoms with van der Waals surface area (Å²) in [5.41, 5.74) is 8.26. The normalized spacial score (nSPS) is 12.6. The fraction of sp³-hybridized carbons (Fsp3) is 0.0435. The van der Waals surface area contributed by atoms with Crippen LogP contribution in [0.25, 0.3) is 10.8 Å². The maximum absolute atomic E-state index is 12.0. The number of aryl methyl sites for hydroxylation is 1. The third kappa shape index (κ3) is 5.44. The van der Waals surface area contributed by atoms with Crippen molar-refractivity contribution in [1.82, 2.24) is 0 Å². The van der Waals surface area contributed by atoms with Gasteiger partial charge in [-0.3, -0.25) is 9.11 Å². The molecule has 4 N–H and O–H groups in total. The third-order valence-electron chi connectivity index (χ3n) is 5.16. The summed E-state index contributed by atoms with van der Waals surface area (Å²) in [7, 11) is -9.04. The van der Waals surface area contributed by atoms with Gasteiger partial charge in [0.05, 0.1) is 22.0 Å². The SMILES string of the molecule is Cc1cccc2c(/N=N/c3ccc(/N=N/c4ccc(S(=O)(=O)O)cc4)cc3S(=O)(=O)O)ccc(N)c12. The molecule has 0 fully saturated rings. The van der Waals surface area contributed by atoms with Crippen molar-refractivity contribution in [2.45, 2.75) is 16.7 Å². The molecule has 13 heteroatoms. The van der Waals surface area contributed by atoms with Crippen LogP contribution in [0.3, 0.4) is 0 Å². The number of anilines is 1. The predicted molar refractivity (Wildman–Crippen MR) is 134 cm³/mol. The van der Waals surface area contributed by atoms with Crippen LogP contribution < -0.4 is 5.73 Å². The largest absolute Gasteiger partial charge is 0.398 e. The second-order valence-electron chi connectivity index (χ2n) is 7.67. The second-order valence-corrected chi connectivity index (χ2v) is 10.5. The van der Waals surface area contributed by atoms with Gasteiger partial charge in [-0.15, -0.1) is 10.2 Å². The first kappa shape index (κ1) is 25.1. The molecule has 0 atom stereocenters. The Morgan fingerprint density at radius 1 is 0.694 bits per heavy atom. The van der Waals surface area contributed by atoms with Crippen LogP contribution in [0.15, 0.2) is 103 Å². The lowest BCUT2D eigenvalue weighted by molar-refractivity contribution is 0.481. The van der Waals surface area contributed by atoms with Crippen LogP contribution in [0, 0.1) is 6.92 Å². The standard InChI is InChI=1S/C23H19N5O6S2/c1-14-3-2-4-18-20(12-10-19(24)23(14)18)27-28-21-11-7-16(13-22(21)36(32,33)34)26-25-15-5-8-17(9-6-15)35(29,30)31/h2-13H,24H2,1H3,(H,29,30,31)(H,32,33,34)/b26-25+,28-27+. The molecule has 4 rings (SSSR count). The molecule has 36 heavy (non-hydrogen) atoms. The molecule has 11 nitrogen and oxygen atoms in total. The number of hydrogen-bond acceptors (Lipinski definition) is 9. The van der Waals surface area contributed by atoms with Gasteiger partial charge in [-0.05, 0) is 67.1 Å². The van der Waals surface area contributed by atoms with E-state index < -0.39 is 25.1 Å². The van der Waals surface area contributed by atoms with E-state index in [1.807, 2.05) is 25.1 Å². The molecule has 4 aromatic carbocycles. The minimum Gasteiger partial charge on any atom is -0.398 e. The van der Waals surface area contributed by atoms with Crippen LogP contribution in [0.5, 0.6) is 0 Å². The van der Waals surface area contributed by atoms with E-state index in [0.717, 1.165) is 34.5 Å².